The highest BCUT2D eigenvalue weighted by atomic mass is 19.4. The van der Waals surface area contributed by atoms with Crippen molar-refractivity contribution in [1.29, 1.82) is 0 Å². The SMILES string of the molecule is CC(=O)Cc1ccc(OC(F)(F)F)cc1[N+](=O)[O-]. The van der Waals surface area contributed by atoms with Gasteiger partial charge in [0.2, 0.25) is 0 Å². The maximum absolute atomic E-state index is 11.9. The van der Waals surface area contributed by atoms with Crippen LogP contribution in [0.3, 0.4) is 0 Å². The van der Waals surface area contributed by atoms with E-state index in [0.29, 0.717) is 6.07 Å². The molecule has 1 aromatic carbocycles. The molecule has 0 aliphatic rings. The number of nitrogens with zero attached hydrogens (tertiary/aromatic N) is 1. The van der Waals surface area contributed by atoms with Gasteiger partial charge in [-0.2, -0.15) is 0 Å². The topological polar surface area (TPSA) is 69.4 Å². The van der Waals surface area contributed by atoms with Gasteiger partial charge in [-0.15, -0.1) is 13.2 Å². The summed E-state index contributed by atoms with van der Waals surface area (Å²) in [5.41, 5.74) is -0.533. The number of carbonyl (C=O) groups excluding carboxylic acids is 1. The number of carbonyl (C=O) groups is 1. The standard InChI is InChI=1S/C10H8F3NO4/c1-6(15)4-7-2-3-8(18-10(11,12)13)5-9(7)14(16)17/h2-3,5H,4H2,1H3. The van der Waals surface area contributed by atoms with Gasteiger partial charge >= 0.3 is 6.36 Å². The van der Waals surface area contributed by atoms with Crippen molar-refractivity contribution < 1.29 is 27.6 Å². The first-order valence-electron chi connectivity index (χ1n) is 4.71. The molecule has 0 saturated carbocycles. The number of ketones is 1. The van der Waals surface area contributed by atoms with Crippen LogP contribution in [0.4, 0.5) is 18.9 Å². The first-order chi connectivity index (χ1) is 8.19. The molecule has 0 aliphatic carbocycles. The van der Waals surface area contributed by atoms with Crippen LogP contribution in [-0.4, -0.2) is 17.1 Å². The number of hydrogen-bond acceptors (Lipinski definition) is 4. The Morgan fingerprint density at radius 3 is 2.50 bits per heavy atom. The Kier molecular flexibility index (Phi) is 3.89. The monoisotopic (exact) mass is 263 g/mol. The van der Waals surface area contributed by atoms with Crippen LogP contribution in [0.15, 0.2) is 18.2 Å². The number of alkyl halides is 3. The fourth-order valence-corrected chi connectivity index (χ4v) is 1.33. The minimum Gasteiger partial charge on any atom is -0.406 e. The van der Waals surface area contributed by atoms with Crippen molar-refractivity contribution in [1.82, 2.24) is 0 Å². The van der Waals surface area contributed by atoms with Crippen molar-refractivity contribution in [2.75, 3.05) is 0 Å². The number of hydrogen-bond donors (Lipinski definition) is 0. The molecular formula is C10H8F3NO4. The van der Waals surface area contributed by atoms with E-state index in [0.717, 1.165) is 12.1 Å². The number of nitro benzene ring substituents is 1. The molecule has 1 aromatic rings. The maximum atomic E-state index is 11.9. The van der Waals surface area contributed by atoms with Crippen molar-refractivity contribution in [3.8, 4) is 5.75 Å². The minimum atomic E-state index is -4.92. The quantitative estimate of drug-likeness (QED) is 0.618. The summed E-state index contributed by atoms with van der Waals surface area (Å²) in [6, 6.07) is 2.64. The molecule has 18 heavy (non-hydrogen) atoms. The molecule has 0 atom stereocenters. The Hall–Kier alpha value is -2.12. The van der Waals surface area contributed by atoms with Crippen LogP contribution in [-0.2, 0) is 11.2 Å². The van der Waals surface area contributed by atoms with Gasteiger partial charge in [-0.3, -0.25) is 14.9 Å². The fourth-order valence-electron chi connectivity index (χ4n) is 1.33. The summed E-state index contributed by atoms with van der Waals surface area (Å²) in [5.74, 6) is -1.02. The van der Waals surface area contributed by atoms with Crippen molar-refractivity contribution >= 4 is 11.5 Å². The van der Waals surface area contributed by atoms with E-state index < -0.39 is 22.7 Å². The lowest BCUT2D eigenvalue weighted by atomic mass is 10.1. The lowest BCUT2D eigenvalue weighted by Crippen LogP contribution is -2.17. The van der Waals surface area contributed by atoms with E-state index in [9.17, 15) is 28.1 Å². The Bertz CT molecular complexity index is 485. The number of benzene rings is 1. The third-order valence-electron chi connectivity index (χ3n) is 1.93. The van der Waals surface area contributed by atoms with Gasteiger partial charge in [-0.05, 0) is 19.1 Å². The van der Waals surface area contributed by atoms with Gasteiger partial charge in [0.05, 0.1) is 11.0 Å². The van der Waals surface area contributed by atoms with E-state index in [4.69, 9.17) is 0 Å². The van der Waals surface area contributed by atoms with Gasteiger partial charge in [0.25, 0.3) is 5.69 Å². The van der Waals surface area contributed by atoms with Gasteiger partial charge in [-0.25, -0.2) is 0 Å². The highest BCUT2D eigenvalue weighted by molar-refractivity contribution is 5.79. The summed E-state index contributed by atoms with van der Waals surface area (Å²) in [4.78, 5) is 20.7. The molecule has 0 aliphatic heterocycles. The van der Waals surface area contributed by atoms with Crippen molar-refractivity contribution in [2.45, 2.75) is 19.7 Å². The third-order valence-corrected chi connectivity index (χ3v) is 1.93. The molecule has 0 aromatic heterocycles. The second-order valence-electron chi connectivity index (χ2n) is 3.47. The molecule has 0 amide bonds. The minimum absolute atomic E-state index is 0.0435. The molecule has 8 heteroatoms. The summed E-state index contributed by atoms with van der Waals surface area (Å²) < 4.78 is 39.4. The van der Waals surface area contributed by atoms with Crippen LogP contribution in [0, 0.1) is 10.1 Å². The van der Waals surface area contributed by atoms with Crippen molar-refractivity contribution in [3.63, 3.8) is 0 Å². The van der Waals surface area contributed by atoms with Gasteiger partial charge in [0, 0.05) is 12.0 Å². The smallest absolute Gasteiger partial charge is 0.406 e. The summed E-state index contributed by atoms with van der Waals surface area (Å²) in [5, 5.41) is 10.7. The number of ether oxygens (including phenoxy) is 1. The Balaban J connectivity index is 3.11. The van der Waals surface area contributed by atoms with Crippen LogP contribution in [0.5, 0.6) is 5.75 Å². The zero-order valence-corrected chi connectivity index (χ0v) is 9.15. The van der Waals surface area contributed by atoms with E-state index in [1.165, 1.54) is 6.92 Å². The molecule has 1 rings (SSSR count). The summed E-state index contributed by atoms with van der Waals surface area (Å²) in [6.07, 6.45) is -5.14. The van der Waals surface area contributed by atoms with Crippen LogP contribution < -0.4 is 4.74 Å². The molecular weight excluding hydrogens is 255 g/mol. The number of halogens is 3. The zero-order valence-electron chi connectivity index (χ0n) is 9.15. The molecule has 0 fully saturated rings. The molecule has 0 spiro atoms. The molecule has 98 valence electrons. The van der Waals surface area contributed by atoms with E-state index in [1.807, 2.05) is 0 Å². The fraction of sp³-hybridized carbons (Fsp3) is 0.300. The average molecular weight is 263 g/mol. The van der Waals surface area contributed by atoms with Crippen LogP contribution in [0.1, 0.15) is 12.5 Å². The predicted octanol–water partition coefficient (Wildman–Crippen LogP) is 2.62. The molecule has 0 heterocycles. The summed E-state index contributed by atoms with van der Waals surface area (Å²) in [6.45, 7) is 1.23. The second-order valence-corrected chi connectivity index (χ2v) is 3.47. The van der Waals surface area contributed by atoms with E-state index >= 15 is 0 Å². The van der Waals surface area contributed by atoms with Crippen LogP contribution >= 0.6 is 0 Å². The largest absolute Gasteiger partial charge is 0.573 e. The normalized spacial score (nSPS) is 11.1. The molecule has 0 saturated heterocycles. The molecule has 0 radical (unpaired) electrons. The first-order valence-corrected chi connectivity index (χ1v) is 4.71. The van der Waals surface area contributed by atoms with E-state index in [-0.39, 0.29) is 17.8 Å². The molecule has 0 N–H and O–H groups in total. The third kappa shape index (κ3) is 4.04. The Labute approximate surface area is 99.3 Å². The van der Waals surface area contributed by atoms with Crippen LogP contribution in [0.25, 0.3) is 0 Å². The van der Waals surface area contributed by atoms with E-state index in [2.05, 4.69) is 4.74 Å². The van der Waals surface area contributed by atoms with Gasteiger partial charge in [0.1, 0.15) is 11.5 Å². The first kappa shape index (κ1) is 13.9. The van der Waals surface area contributed by atoms with E-state index in [1.54, 1.807) is 0 Å². The van der Waals surface area contributed by atoms with Gasteiger partial charge in [-0.1, -0.05) is 0 Å². The number of nitro groups is 1. The summed E-state index contributed by atoms with van der Waals surface area (Å²) in [7, 11) is 0. The lowest BCUT2D eigenvalue weighted by Gasteiger charge is -2.09. The highest BCUT2D eigenvalue weighted by Gasteiger charge is 2.32. The lowest BCUT2D eigenvalue weighted by molar-refractivity contribution is -0.385. The van der Waals surface area contributed by atoms with Crippen molar-refractivity contribution in [2.24, 2.45) is 0 Å². The van der Waals surface area contributed by atoms with Gasteiger partial charge in [0.15, 0.2) is 0 Å². The summed E-state index contributed by atoms with van der Waals surface area (Å²) >= 11 is 0. The number of Topliss-reactive ketones (excluding diaryl/α,β-unsaturated/α-hetero) is 1. The zero-order chi connectivity index (χ0) is 13.9. The van der Waals surface area contributed by atoms with Crippen LogP contribution in [0.2, 0.25) is 0 Å². The highest BCUT2D eigenvalue weighted by Crippen LogP contribution is 2.29. The molecule has 0 unspecified atom stereocenters. The Morgan fingerprint density at radius 2 is 2.06 bits per heavy atom. The second kappa shape index (κ2) is 5.03. The van der Waals surface area contributed by atoms with Crippen molar-refractivity contribution in [3.05, 3.63) is 33.9 Å². The average Bonchev–Trinajstić information content (AvgIpc) is 2.17. The molecule has 5 nitrogen and oxygen atoms in total. The Morgan fingerprint density at radius 1 is 1.44 bits per heavy atom. The van der Waals surface area contributed by atoms with Gasteiger partial charge < -0.3 is 4.74 Å². The number of rotatable bonds is 4. The maximum Gasteiger partial charge on any atom is 0.573 e. The molecule has 0 bridgehead atoms. The predicted molar refractivity (Wildman–Crippen MR) is 54.2 cm³/mol.